The number of benzene rings is 2. The first-order valence-corrected chi connectivity index (χ1v) is 9.45. The maximum Gasteiger partial charge on any atom is 0.318 e. The number of carbonyl (C=O) groups excluding carboxylic acids is 1. The molecule has 0 aliphatic rings. The lowest BCUT2D eigenvalue weighted by molar-refractivity contribution is -0.139. The number of rotatable bonds is 5. The van der Waals surface area contributed by atoms with Crippen LogP contribution >= 0.6 is 11.8 Å². The Bertz CT molecular complexity index is 1110. The number of thioether (sulfide) groups is 1. The first kappa shape index (κ1) is 17.5. The van der Waals surface area contributed by atoms with E-state index in [1.54, 1.807) is 6.92 Å². The maximum absolute atomic E-state index is 11.7. The number of carbonyl (C=O) groups is 1. The summed E-state index contributed by atoms with van der Waals surface area (Å²) in [7, 11) is 1.37. The Morgan fingerprint density at radius 3 is 2.63 bits per heavy atom. The van der Waals surface area contributed by atoms with Crippen LogP contribution in [0.15, 0.2) is 59.8 Å². The van der Waals surface area contributed by atoms with Crippen LogP contribution in [0, 0.1) is 0 Å². The van der Waals surface area contributed by atoms with Crippen LogP contribution in [-0.4, -0.2) is 38.1 Å². The zero-order valence-electron chi connectivity index (χ0n) is 15.0. The highest BCUT2D eigenvalue weighted by atomic mass is 32.2. The summed E-state index contributed by atoms with van der Waals surface area (Å²) in [6, 6.07) is 18.3. The number of nitrogens with zero attached hydrogens (tertiary/aromatic N) is 4. The van der Waals surface area contributed by atoms with E-state index in [4.69, 9.17) is 9.72 Å². The SMILES string of the molecule is COC(=O)C(C)Sc1nnc2c3ccccc3n(Cc3ccccc3)c2n1. The molecule has 2 aromatic carbocycles. The second-order valence-electron chi connectivity index (χ2n) is 6.14. The van der Waals surface area contributed by atoms with E-state index < -0.39 is 5.25 Å². The molecule has 0 saturated heterocycles. The number of para-hydroxylation sites is 1. The number of hydrogen-bond donors (Lipinski definition) is 0. The Balaban J connectivity index is 1.82. The lowest BCUT2D eigenvalue weighted by atomic mass is 10.2. The van der Waals surface area contributed by atoms with Crippen LogP contribution < -0.4 is 0 Å². The highest BCUT2D eigenvalue weighted by molar-refractivity contribution is 8.00. The van der Waals surface area contributed by atoms with E-state index in [0.717, 1.165) is 22.1 Å². The average Bonchev–Trinajstić information content (AvgIpc) is 3.01. The minimum Gasteiger partial charge on any atom is -0.468 e. The van der Waals surface area contributed by atoms with Gasteiger partial charge in [0, 0.05) is 11.9 Å². The van der Waals surface area contributed by atoms with E-state index in [-0.39, 0.29) is 5.97 Å². The predicted octanol–water partition coefficient (Wildman–Crippen LogP) is 3.68. The van der Waals surface area contributed by atoms with Gasteiger partial charge in [0.15, 0.2) is 5.65 Å². The first-order chi connectivity index (χ1) is 13.2. The van der Waals surface area contributed by atoms with Crippen molar-refractivity contribution >= 4 is 39.8 Å². The summed E-state index contributed by atoms with van der Waals surface area (Å²) >= 11 is 1.24. The molecule has 0 bridgehead atoms. The van der Waals surface area contributed by atoms with Crippen LogP contribution in [0.3, 0.4) is 0 Å². The van der Waals surface area contributed by atoms with Gasteiger partial charge in [-0.05, 0) is 18.6 Å². The molecule has 27 heavy (non-hydrogen) atoms. The van der Waals surface area contributed by atoms with E-state index in [1.807, 2.05) is 36.4 Å². The van der Waals surface area contributed by atoms with Crippen molar-refractivity contribution in [1.29, 1.82) is 0 Å². The summed E-state index contributed by atoms with van der Waals surface area (Å²) < 4.78 is 6.92. The van der Waals surface area contributed by atoms with Crippen molar-refractivity contribution in [3.8, 4) is 0 Å². The molecule has 4 rings (SSSR count). The van der Waals surface area contributed by atoms with Crippen molar-refractivity contribution in [1.82, 2.24) is 19.7 Å². The highest BCUT2D eigenvalue weighted by Gasteiger charge is 2.19. The van der Waals surface area contributed by atoms with Crippen LogP contribution in [0.1, 0.15) is 12.5 Å². The van der Waals surface area contributed by atoms with Crippen molar-refractivity contribution in [3.63, 3.8) is 0 Å². The van der Waals surface area contributed by atoms with E-state index >= 15 is 0 Å². The Morgan fingerprint density at radius 2 is 1.85 bits per heavy atom. The molecule has 0 saturated carbocycles. The predicted molar refractivity (Wildman–Crippen MR) is 106 cm³/mol. The standard InChI is InChI=1S/C20H18N4O2S/c1-13(19(25)26-2)27-20-21-18-17(22-23-20)15-10-6-7-11-16(15)24(18)12-14-8-4-3-5-9-14/h3-11,13H,12H2,1-2H3. The van der Waals surface area contributed by atoms with Crippen LogP contribution in [0.5, 0.6) is 0 Å². The highest BCUT2D eigenvalue weighted by Crippen LogP contribution is 2.29. The summed E-state index contributed by atoms with van der Waals surface area (Å²) in [5.74, 6) is -0.312. The number of methoxy groups -OCH3 is 1. The molecule has 4 aromatic rings. The van der Waals surface area contributed by atoms with Gasteiger partial charge in [0.05, 0.1) is 12.6 Å². The Kier molecular flexibility index (Phi) is 4.77. The third kappa shape index (κ3) is 3.38. The summed E-state index contributed by atoms with van der Waals surface area (Å²) in [5.41, 5.74) is 3.75. The van der Waals surface area contributed by atoms with E-state index in [9.17, 15) is 4.79 Å². The van der Waals surface area contributed by atoms with Crippen molar-refractivity contribution in [2.75, 3.05) is 7.11 Å². The lowest BCUT2D eigenvalue weighted by Crippen LogP contribution is -2.15. The van der Waals surface area contributed by atoms with Gasteiger partial charge in [-0.3, -0.25) is 4.79 Å². The molecule has 0 amide bonds. The third-order valence-corrected chi connectivity index (χ3v) is 5.28. The molecule has 6 nitrogen and oxygen atoms in total. The number of esters is 1. The monoisotopic (exact) mass is 378 g/mol. The number of fused-ring (bicyclic) bond motifs is 3. The van der Waals surface area contributed by atoms with Crippen LogP contribution in [0.2, 0.25) is 0 Å². The zero-order chi connectivity index (χ0) is 18.8. The summed E-state index contributed by atoms with van der Waals surface area (Å²) in [4.78, 5) is 16.4. The Morgan fingerprint density at radius 1 is 1.11 bits per heavy atom. The smallest absolute Gasteiger partial charge is 0.318 e. The van der Waals surface area contributed by atoms with Gasteiger partial charge in [-0.1, -0.05) is 60.3 Å². The average molecular weight is 378 g/mol. The molecule has 136 valence electrons. The number of ether oxygens (including phenoxy) is 1. The minimum atomic E-state index is -0.402. The topological polar surface area (TPSA) is 69.9 Å². The molecule has 1 atom stereocenters. The quantitative estimate of drug-likeness (QED) is 0.390. The second-order valence-corrected chi connectivity index (χ2v) is 7.45. The number of aromatic nitrogens is 4. The fourth-order valence-corrected chi connectivity index (χ4v) is 3.77. The molecular weight excluding hydrogens is 360 g/mol. The molecule has 0 aliphatic heterocycles. The lowest BCUT2D eigenvalue weighted by Gasteiger charge is -2.09. The fraction of sp³-hybridized carbons (Fsp3) is 0.200. The second kappa shape index (κ2) is 7.36. The maximum atomic E-state index is 11.7. The van der Waals surface area contributed by atoms with E-state index in [1.165, 1.54) is 24.4 Å². The zero-order valence-corrected chi connectivity index (χ0v) is 15.8. The molecule has 0 spiro atoms. The van der Waals surface area contributed by atoms with Gasteiger partial charge in [0.2, 0.25) is 5.16 Å². The van der Waals surface area contributed by atoms with Crippen molar-refractivity contribution in [2.24, 2.45) is 0 Å². The van der Waals surface area contributed by atoms with Crippen molar-refractivity contribution in [3.05, 3.63) is 60.2 Å². The molecular formula is C20H18N4O2S. The molecule has 7 heteroatoms. The molecule has 0 N–H and O–H groups in total. The van der Waals surface area contributed by atoms with Crippen LogP contribution in [0.4, 0.5) is 0 Å². The van der Waals surface area contributed by atoms with Crippen molar-refractivity contribution in [2.45, 2.75) is 23.9 Å². The van der Waals surface area contributed by atoms with Crippen LogP contribution in [0.25, 0.3) is 22.1 Å². The minimum absolute atomic E-state index is 0.312. The van der Waals surface area contributed by atoms with Gasteiger partial charge in [-0.15, -0.1) is 10.2 Å². The molecule has 0 fully saturated rings. The van der Waals surface area contributed by atoms with Gasteiger partial charge in [0.25, 0.3) is 0 Å². The molecule has 2 aromatic heterocycles. The van der Waals surface area contributed by atoms with E-state index in [0.29, 0.717) is 11.7 Å². The first-order valence-electron chi connectivity index (χ1n) is 8.57. The third-order valence-electron chi connectivity index (χ3n) is 4.35. The van der Waals surface area contributed by atoms with Gasteiger partial charge in [0.1, 0.15) is 10.8 Å². The summed E-state index contributed by atoms with van der Waals surface area (Å²) in [5, 5.41) is 9.69. The van der Waals surface area contributed by atoms with Crippen molar-refractivity contribution < 1.29 is 9.53 Å². The largest absolute Gasteiger partial charge is 0.468 e. The van der Waals surface area contributed by atoms with Gasteiger partial charge in [-0.25, -0.2) is 4.98 Å². The Hall–Kier alpha value is -2.93. The Labute approximate surface area is 160 Å². The fourth-order valence-electron chi connectivity index (χ4n) is 3.04. The normalized spacial score (nSPS) is 12.4. The van der Waals surface area contributed by atoms with Gasteiger partial charge in [-0.2, -0.15) is 0 Å². The van der Waals surface area contributed by atoms with Gasteiger partial charge < -0.3 is 9.30 Å². The van der Waals surface area contributed by atoms with Crippen LogP contribution in [-0.2, 0) is 16.1 Å². The molecule has 0 aliphatic carbocycles. The van der Waals surface area contributed by atoms with E-state index in [2.05, 4.69) is 33.0 Å². The summed E-state index contributed by atoms with van der Waals surface area (Å²) in [6.45, 7) is 2.45. The van der Waals surface area contributed by atoms with Gasteiger partial charge >= 0.3 is 5.97 Å². The summed E-state index contributed by atoms with van der Waals surface area (Å²) in [6.07, 6.45) is 0. The number of hydrogen-bond acceptors (Lipinski definition) is 6. The molecule has 0 radical (unpaired) electrons. The molecule has 1 unspecified atom stereocenters. The molecule has 2 heterocycles.